The molecule has 8 heteroatoms. The van der Waals surface area contributed by atoms with E-state index in [-0.39, 0.29) is 11.2 Å². The lowest BCUT2D eigenvalue weighted by Gasteiger charge is -2.05. The van der Waals surface area contributed by atoms with Gasteiger partial charge in [-0.25, -0.2) is 13.9 Å². The van der Waals surface area contributed by atoms with Crippen LogP contribution in [0.5, 0.6) is 0 Å². The minimum absolute atomic E-state index is 0.0843. The average Bonchev–Trinajstić information content (AvgIpc) is 3.17. The predicted molar refractivity (Wildman–Crippen MR) is 103 cm³/mol. The summed E-state index contributed by atoms with van der Waals surface area (Å²) < 4.78 is 6.09. The number of halogens is 1. The van der Waals surface area contributed by atoms with Crippen LogP contribution in [0.15, 0.2) is 49.8 Å². The number of benzene rings is 1. The molecule has 0 aliphatic carbocycles. The molecule has 0 unspecified atom stereocenters. The molecular formula is C17H15BrN4O2S. The average molecular weight is 419 g/mol. The van der Waals surface area contributed by atoms with Crippen molar-refractivity contribution in [1.82, 2.24) is 18.7 Å². The summed E-state index contributed by atoms with van der Waals surface area (Å²) in [4.78, 5) is 25.7. The van der Waals surface area contributed by atoms with E-state index >= 15 is 0 Å². The second-order valence-electron chi connectivity index (χ2n) is 5.80. The van der Waals surface area contributed by atoms with E-state index in [9.17, 15) is 9.59 Å². The third kappa shape index (κ3) is 2.65. The lowest BCUT2D eigenvalue weighted by molar-refractivity contribution is 0.639. The first kappa shape index (κ1) is 16.3. The summed E-state index contributed by atoms with van der Waals surface area (Å²) in [6.07, 6.45) is 0.791. The number of aromatic nitrogens is 4. The van der Waals surface area contributed by atoms with Crippen molar-refractivity contribution in [2.24, 2.45) is 0 Å². The van der Waals surface area contributed by atoms with E-state index in [1.807, 2.05) is 36.6 Å². The molecule has 0 saturated carbocycles. The van der Waals surface area contributed by atoms with Gasteiger partial charge in [0.05, 0.1) is 12.1 Å². The third-order valence-corrected chi connectivity index (χ3v) is 5.44. The number of hydrogen-bond donors (Lipinski definition) is 0. The van der Waals surface area contributed by atoms with Crippen LogP contribution in [0, 0.1) is 0 Å². The van der Waals surface area contributed by atoms with Crippen molar-refractivity contribution in [3.63, 3.8) is 0 Å². The largest absolute Gasteiger partial charge is 0.352 e. The third-order valence-electron chi connectivity index (χ3n) is 4.06. The number of fused-ring (bicyclic) bond motifs is 3. The van der Waals surface area contributed by atoms with Gasteiger partial charge >= 0.3 is 5.69 Å². The number of hydrogen-bond acceptors (Lipinski definition) is 4. The summed E-state index contributed by atoms with van der Waals surface area (Å²) in [5.41, 5.74) is 1.27. The molecule has 0 bridgehead atoms. The van der Waals surface area contributed by atoms with Crippen molar-refractivity contribution < 1.29 is 0 Å². The molecule has 128 valence electrons. The Morgan fingerprint density at radius 1 is 1.24 bits per heavy atom. The van der Waals surface area contributed by atoms with Crippen LogP contribution in [0.4, 0.5) is 0 Å². The molecule has 0 aliphatic rings. The Hall–Kier alpha value is -2.19. The van der Waals surface area contributed by atoms with E-state index in [4.69, 9.17) is 0 Å². The quantitative estimate of drug-likeness (QED) is 0.511. The predicted octanol–water partition coefficient (Wildman–Crippen LogP) is 3.09. The summed E-state index contributed by atoms with van der Waals surface area (Å²) in [6, 6.07) is 9.56. The molecule has 0 spiro atoms. The maximum Gasteiger partial charge on any atom is 0.352 e. The molecule has 25 heavy (non-hydrogen) atoms. The smallest absolute Gasteiger partial charge is 0.276 e. The molecule has 1 aromatic carbocycles. The maximum absolute atomic E-state index is 12.9. The molecule has 3 aromatic heterocycles. The molecule has 4 rings (SSSR count). The number of nitrogens with zero attached hydrogens (tertiary/aromatic N) is 4. The topological polar surface area (TPSA) is 61.3 Å². The number of aryl methyl sites for hydroxylation is 1. The fourth-order valence-electron chi connectivity index (χ4n) is 2.97. The van der Waals surface area contributed by atoms with Gasteiger partial charge in [-0.05, 0) is 35.6 Å². The van der Waals surface area contributed by atoms with Crippen LogP contribution in [0.1, 0.15) is 18.9 Å². The Morgan fingerprint density at radius 3 is 2.84 bits per heavy atom. The van der Waals surface area contributed by atoms with Crippen LogP contribution >= 0.6 is 27.3 Å². The van der Waals surface area contributed by atoms with Gasteiger partial charge in [-0.2, -0.15) is 0 Å². The molecule has 0 aliphatic heterocycles. The second kappa shape index (κ2) is 6.27. The highest BCUT2D eigenvalue weighted by Gasteiger charge is 2.17. The van der Waals surface area contributed by atoms with E-state index in [1.165, 1.54) is 16.0 Å². The number of thiophene rings is 1. The highest BCUT2D eigenvalue weighted by atomic mass is 79.9. The first-order valence-corrected chi connectivity index (χ1v) is 9.61. The normalized spacial score (nSPS) is 11.6. The van der Waals surface area contributed by atoms with Gasteiger partial charge in [0, 0.05) is 11.0 Å². The van der Waals surface area contributed by atoms with E-state index in [0.29, 0.717) is 29.1 Å². The van der Waals surface area contributed by atoms with Crippen LogP contribution in [0.3, 0.4) is 0 Å². The monoisotopic (exact) mass is 418 g/mol. The van der Waals surface area contributed by atoms with Crippen molar-refractivity contribution in [3.8, 4) is 0 Å². The maximum atomic E-state index is 12.9. The van der Waals surface area contributed by atoms with Gasteiger partial charge in [-0.3, -0.25) is 9.36 Å². The summed E-state index contributed by atoms with van der Waals surface area (Å²) in [7, 11) is 0. The number of rotatable bonds is 4. The zero-order valence-electron chi connectivity index (χ0n) is 13.5. The molecule has 0 saturated heterocycles. The molecule has 0 atom stereocenters. The molecular weight excluding hydrogens is 404 g/mol. The van der Waals surface area contributed by atoms with Gasteiger partial charge < -0.3 is 0 Å². The van der Waals surface area contributed by atoms with Gasteiger partial charge in [0.2, 0.25) is 5.78 Å². The van der Waals surface area contributed by atoms with E-state index in [1.54, 1.807) is 15.0 Å². The summed E-state index contributed by atoms with van der Waals surface area (Å²) in [6.45, 7) is 2.88. The van der Waals surface area contributed by atoms with Gasteiger partial charge in [0.15, 0.2) is 0 Å². The summed E-state index contributed by atoms with van der Waals surface area (Å²) >= 11 is 4.80. The standard InChI is InChI=1S/C17H15BrN4O2S/c1-2-7-20-15(23)14-13(6-8-25-14)22-16(20)19-21(17(22)24)10-11-4-3-5-12(18)9-11/h3-6,8-9H,2,7,10H2,1H3. The Labute approximate surface area is 155 Å². The van der Waals surface area contributed by atoms with Crippen LogP contribution in [-0.2, 0) is 13.1 Å². The summed E-state index contributed by atoms with van der Waals surface area (Å²) in [5.74, 6) is 0.401. The van der Waals surface area contributed by atoms with Crippen molar-refractivity contribution in [1.29, 1.82) is 0 Å². The molecule has 4 aromatic rings. The Kier molecular flexibility index (Phi) is 4.09. The Bertz CT molecular complexity index is 1200. The van der Waals surface area contributed by atoms with Gasteiger partial charge in [-0.1, -0.05) is 35.0 Å². The molecule has 3 heterocycles. The fraction of sp³-hybridized carbons (Fsp3) is 0.235. The van der Waals surface area contributed by atoms with Gasteiger partial charge in [0.25, 0.3) is 5.56 Å². The summed E-state index contributed by atoms with van der Waals surface area (Å²) in [5, 5.41) is 6.30. The fourth-order valence-corrected chi connectivity index (χ4v) is 4.24. The second-order valence-corrected chi connectivity index (χ2v) is 7.63. The van der Waals surface area contributed by atoms with E-state index in [0.717, 1.165) is 16.5 Å². The van der Waals surface area contributed by atoms with Crippen LogP contribution in [0.2, 0.25) is 0 Å². The first-order chi connectivity index (χ1) is 12.1. The van der Waals surface area contributed by atoms with Crippen molar-refractivity contribution in [3.05, 3.63) is 66.6 Å². The SMILES string of the molecule is CCCn1c(=O)c2sccc2n2c(=O)n(Cc3cccc(Br)c3)nc12. The van der Waals surface area contributed by atoms with Crippen LogP contribution in [-0.4, -0.2) is 18.7 Å². The Balaban J connectivity index is 1.99. The van der Waals surface area contributed by atoms with E-state index < -0.39 is 0 Å². The van der Waals surface area contributed by atoms with E-state index in [2.05, 4.69) is 21.0 Å². The lowest BCUT2D eigenvalue weighted by atomic mass is 10.2. The van der Waals surface area contributed by atoms with Crippen LogP contribution in [0.25, 0.3) is 16.0 Å². The molecule has 6 nitrogen and oxygen atoms in total. The van der Waals surface area contributed by atoms with Crippen molar-refractivity contribution in [2.75, 3.05) is 0 Å². The minimum Gasteiger partial charge on any atom is -0.276 e. The Morgan fingerprint density at radius 2 is 2.08 bits per heavy atom. The molecule has 0 radical (unpaired) electrons. The first-order valence-electron chi connectivity index (χ1n) is 7.94. The molecule has 0 fully saturated rings. The highest BCUT2D eigenvalue weighted by Crippen LogP contribution is 2.18. The molecule has 0 amide bonds. The lowest BCUT2D eigenvalue weighted by Crippen LogP contribution is -2.25. The molecule has 0 N–H and O–H groups in total. The van der Waals surface area contributed by atoms with Crippen molar-refractivity contribution >= 4 is 43.3 Å². The zero-order chi connectivity index (χ0) is 17.6. The van der Waals surface area contributed by atoms with Gasteiger partial charge in [0.1, 0.15) is 4.70 Å². The zero-order valence-corrected chi connectivity index (χ0v) is 15.9. The minimum atomic E-state index is -0.233. The van der Waals surface area contributed by atoms with Crippen LogP contribution < -0.4 is 11.2 Å². The van der Waals surface area contributed by atoms with Gasteiger partial charge in [-0.15, -0.1) is 16.4 Å². The van der Waals surface area contributed by atoms with Crippen molar-refractivity contribution in [2.45, 2.75) is 26.4 Å². The highest BCUT2D eigenvalue weighted by molar-refractivity contribution is 9.10.